The Bertz CT molecular complexity index is 512. The SMILES string of the molecule is CC=C1CCC2C3CCC4CC(O)CCC4(COC)C3CCC12C. The van der Waals surface area contributed by atoms with Crippen LogP contribution in [-0.4, -0.2) is 24.9 Å². The molecule has 0 aromatic rings. The predicted molar refractivity (Wildman–Crippen MR) is 97.7 cm³/mol. The van der Waals surface area contributed by atoms with Crippen LogP contribution >= 0.6 is 0 Å². The quantitative estimate of drug-likeness (QED) is 0.724. The van der Waals surface area contributed by atoms with E-state index in [9.17, 15) is 5.11 Å². The zero-order valence-corrected chi connectivity index (χ0v) is 15.9. The van der Waals surface area contributed by atoms with E-state index in [-0.39, 0.29) is 6.10 Å². The van der Waals surface area contributed by atoms with Gasteiger partial charge >= 0.3 is 0 Å². The maximum absolute atomic E-state index is 10.2. The Morgan fingerprint density at radius 1 is 1.12 bits per heavy atom. The average molecular weight is 333 g/mol. The fourth-order valence-electron chi connectivity index (χ4n) is 7.90. The molecular weight excluding hydrogens is 296 g/mol. The van der Waals surface area contributed by atoms with Crippen molar-refractivity contribution in [2.75, 3.05) is 13.7 Å². The van der Waals surface area contributed by atoms with Crippen LogP contribution in [0.4, 0.5) is 0 Å². The van der Waals surface area contributed by atoms with Gasteiger partial charge in [0.2, 0.25) is 0 Å². The molecule has 4 aliphatic rings. The molecule has 7 unspecified atom stereocenters. The van der Waals surface area contributed by atoms with Crippen molar-refractivity contribution >= 4 is 0 Å². The van der Waals surface area contributed by atoms with Crippen LogP contribution in [0, 0.1) is 34.5 Å². The Morgan fingerprint density at radius 2 is 1.96 bits per heavy atom. The summed E-state index contributed by atoms with van der Waals surface area (Å²) in [4.78, 5) is 0. The van der Waals surface area contributed by atoms with Gasteiger partial charge in [0.15, 0.2) is 0 Å². The molecule has 0 radical (unpaired) electrons. The second-order valence-electron chi connectivity index (χ2n) is 9.55. The van der Waals surface area contributed by atoms with E-state index in [1.165, 1.54) is 44.9 Å². The number of allylic oxidation sites excluding steroid dienone is 2. The molecule has 0 aliphatic heterocycles. The van der Waals surface area contributed by atoms with Gasteiger partial charge in [0, 0.05) is 7.11 Å². The number of hydrogen-bond acceptors (Lipinski definition) is 2. The summed E-state index contributed by atoms with van der Waals surface area (Å²) in [5.41, 5.74) is 2.58. The van der Waals surface area contributed by atoms with E-state index in [1.807, 2.05) is 7.11 Å². The van der Waals surface area contributed by atoms with Crippen LogP contribution in [0.1, 0.15) is 71.6 Å². The highest BCUT2D eigenvalue weighted by atomic mass is 16.5. The molecule has 4 saturated carbocycles. The third-order valence-corrected chi connectivity index (χ3v) is 8.95. The number of hydrogen-bond donors (Lipinski definition) is 1. The van der Waals surface area contributed by atoms with Crippen molar-refractivity contribution in [1.29, 1.82) is 0 Å². The lowest BCUT2D eigenvalue weighted by molar-refractivity contribution is -0.151. The summed E-state index contributed by atoms with van der Waals surface area (Å²) >= 11 is 0. The molecule has 2 nitrogen and oxygen atoms in total. The van der Waals surface area contributed by atoms with Gasteiger partial charge in [-0.2, -0.15) is 0 Å². The molecule has 0 bridgehead atoms. The summed E-state index contributed by atoms with van der Waals surface area (Å²) < 4.78 is 5.81. The zero-order chi connectivity index (χ0) is 16.9. The summed E-state index contributed by atoms with van der Waals surface area (Å²) in [7, 11) is 1.89. The molecule has 4 fully saturated rings. The number of ether oxygens (including phenoxy) is 1. The van der Waals surface area contributed by atoms with Crippen LogP contribution in [0.2, 0.25) is 0 Å². The Hall–Kier alpha value is -0.340. The molecule has 24 heavy (non-hydrogen) atoms. The van der Waals surface area contributed by atoms with Crippen LogP contribution < -0.4 is 0 Å². The molecule has 0 amide bonds. The van der Waals surface area contributed by atoms with Gasteiger partial charge in [-0.3, -0.25) is 0 Å². The number of rotatable bonds is 2. The number of fused-ring (bicyclic) bond motifs is 5. The molecule has 0 saturated heterocycles. The number of aliphatic hydroxyl groups is 1. The third-order valence-electron chi connectivity index (χ3n) is 8.95. The van der Waals surface area contributed by atoms with Gasteiger partial charge in [0.25, 0.3) is 0 Å². The maximum Gasteiger partial charge on any atom is 0.0543 e. The van der Waals surface area contributed by atoms with Crippen molar-refractivity contribution in [3.63, 3.8) is 0 Å². The molecule has 136 valence electrons. The van der Waals surface area contributed by atoms with E-state index in [4.69, 9.17) is 4.74 Å². The van der Waals surface area contributed by atoms with Crippen molar-refractivity contribution < 1.29 is 9.84 Å². The van der Waals surface area contributed by atoms with Gasteiger partial charge in [0.05, 0.1) is 12.7 Å². The predicted octanol–water partition coefficient (Wildman–Crippen LogP) is 4.96. The van der Waals surface area contributed by atoms with Crippen molar-refractivity contribution in [1.82, 2.24) is 0 Å². The van der Waals surface area contributed by atoms with Gasteiger partial charge in [-0.25, -0.2) is 0 Å². The van der Waals surface area contributed by atoms with E-state index in [1.54, 1.807) is 5.57 Å². The van der Waals surface area contributed by atoms with Gasteiger partial charge < -0.3 is 9.84 Å². The minimum atomic E-state index is -0.0634. The van der Waals surface area contributed by atoms with Gasteiger partial charge in [0.1, 0.15) is 0 Å². The van der Waals surface area contributed by atoms with Gasteiger partial charge in [-0.05, 0) is 99.2 Å². The fraction of sp³-hybridized carbons (Fsp3) is 0.909. The molecule has 0 aromatic heterocycles. The Kier molecular flexibility index (Phi) is 4.36. The zero-order valence-electron chi connectivity index (χ0n) is 15.9. The Morgan fingerprint density at radius 3 is 2.71 bits per heavy atom. The number of aliphatic hydroxyl groups excluding tert-OH is 1. The molecule has 4 rings (SSSR count). The van der Waals surface area contributed by atoms with Crippen LogP contribution in [0.15, 0.2) is 11.6 Å². The number of methoxy groups -OCH3 is 1. The van der Waals surface area contributed by atoms with Gasteiger partial charge in [-0.15, -0.1) is 0 Å². The molecule has 4 aliphatic carbocycles. The highest BCUT2D eigenvalue weighted by Gasteiger charge is 2.60. The van der Waals surface area contributed by atoms with E-state index >= 15 is 0 Å². The smallest absolute Gasteiger partial charge is 0.0543 e. The Balaban J connectivity index is 1.66. The van der Waals surface area contributed by atoms with E-state index in [0.717, 1.165) is 37.2 Å². The normalized spacial score (nSPS) is 52.7. The monoisotopic (exact) mass is 332 g/mol. The van der Waals surface area contributed by atoms with Crippen molar-refractivity contribution in [3.8, 4) is 0 Å². The summed E-state index contributed by atoms with van der Waals surface area (Å²) in [5, 5.41) is 10.2. The van der Waals surface area contributed by atoms with E-state index < -0.39 is 0 Å². The summed E-state index contributed by atoms with van der Waals surface area (Å²) in [5.74, 6) is 3.30. The van der Waals surface area contributed by atoms with Crippen LogP contribution in [0.5, 0.6) is 0 Å². The Labute approximate surface area is 148 Å². The van der Waals surface area contributed by atoms with Crippen molar-refractivity contribution in [2.24, 2.45) is 34.5 Å². The lowest BCUT2D eigenvalue weighted by atomic mass is 9.44. The fourth-order valence-corrected chi connectivity index (χ4v) is 7.90. The minimum absolute atomic E-state index is 0.0634. The van der Waals surface area contributed by atoms with E-state index in [0.29, 0.717) is 16.7 Å². The third kappa shape index (κ3) is 2.28. The second kappa shape index (κ2) is 6.13. The molecule has 7 atom stereocenters. The van der Waals surface area contributed by atoms with Crippen molar-refractivity contribution in [3.05, 3.63) is 11.6 Å². The highest BCUT2D eigenvalue weighted by Crippen LogP contribution is 2.67. The largest absolute Gasteiger partial charge is 0.393 e. The lowest BCUT2D eigenvalue weighted by Crippen LogP contribution is -2.56. The molecule has 0 spiro atoms. The molecule has 1 N–H and O–H groups in total. The molecule has 0 heterocycles. The van der Waals surface area contributed by atoms with Crippen LogP contribution in [0.25, 0.3) is 0 Å². The topological polar surface area (TPSA) is 29.5 Å². The summed E-state index contributed by atoms with van der Waals surface area (Å²) in [6.07, 6.45) is 13.8. The molecular formula is C22H36O2. The molecule has 0 aromatic carbocycles. The minimum Gasteiger partial charge on any atom is -0.393 e. The first kappa shape index (κ1) is 17.1. The first-order chi connectivity index (χ1) is 11.5. The summed E-state index contributed by atoms with van der Waals surface area (Å²) in [6.45, 7) is 5.74. The maximum atomic E-state index is 10.2. The second-order valence-corrected chi connectivity index (χ2v) is 9.55. The first-order valence-corrected chi connectivity index (χ1v) is 10.4. The van der Waals surface area contributed by atoms with Crippen LogP contribution in [0.3, 0.4) is 0 Å². The van der Waals surface area contributed by atoms with Crippen molar-refractivity contribution in [2.45, 2.75) is 77.7 Å². The average Bonchev–Trinajstić information content (AvgIpc) is 2.92. The summed E-state index contributed by atoms with van der Waals surface area (Å²) in [6, 6.07) is 0. The standard InChI is InChI=1S/C22H36O2/c1-4-15-6-8-19-18-7-5-16-13-17(23)9-12-22(16,14-24-3)20(18)10-11-21(15,19)2/h4,16-20,23H,5-14H2,1-3H3. The molecule has 2 heteroatoms. The highest BCUT2D eigenvalue weighted by molar-refractivity contribution is 5.23. The van der Waals surface area contributed by atoms with E-state index in [2.05, 4.69) is 19.9 Å². The van der Waals surface area contributed by atoms with Crippen LogP contribution in [-0.2, 0) is 4.74 Å². The first-order valence-electron chi connectivity index (χ1n) is 10.4. The van der Waals surface area contributed by atoms with Gasteiger partial charge in [-0.1, -0.05) is 18.6 Å². The lowest BCUT2D eigenvalue weighted by Gasteiger charge is -2.61.